The summed E-state index contributed by atoms with van der Waals surface area (Å²) < 4.78 is 4.27. The number of nitrogens with one attached hydrogen (secondary N) is 2. The Balaban J connectivity index is 1.93. The van der Waals surface area contributed by atoms with Crippen molar-refractivity contribution in [1.82, 2.24) is 19.3 Å². The smallest absolute Gasteiger partial charge is 0.147 e. The molecule has 6 nitrogen and oxygen atoms in total. The van der Waals surface area contributed by atoms with E-state index in [4.69, 9.17) is 5.73 Å². The van der Waals surface area contributed by atoms with Crippen LogP contribution < -0.4 is 11.1 Å². The Morgan fingerprint density at radius 3 is 2.81 bits per heavy atom. The first-order valence-corrected chi connectivity index (χ1v) is 7.48. The molecule has 0 aromatic carbocycles. The van der Waals surface area contributed by atoms with E-state index < -0.39 is 0 Å². The summed E-state index contributed by atoms with van der Waals surface area (Å²) in [4.78, 5) is 11.5. The van der Waals surface area contributed by atoms with Crippen LogP contribution in [0.3, 0.4) is 0 Å². The van der Waals surface area contributed by atoms with Crippen LogP contribution in [0, 0.1) is 0 Å². The van der Waals surface area contributed by atoms with E-state index in [9.17, 15) is 0 Å². The molecule has 3 aromatic heterocycles. The van der Waals surface area contributed by atoms with E-state index >= 15 is 0 Å². The van der Waals surface area contributed by atoms with Crippen LogP contribution in [0.5, 0.6) is 0 Å². The molecule has 108 valence electrons. The van der Waals surface area contributed by atoms with Gasteiger partial charge in [0.05, 0.1) is 11.6 Å². The van der Waals surface area contributed by atoms with Crippen molar-refractivity contribution in [3.63, 3.8) is 0 Å². The highest BCUT2D eigenvalue weighted by molar-refractivity contribution is 7.11. The van der Waals surface area contributed by atoms with Gasteiger partial charge in [0.1, 0.15) is 16.6 Å². The van der Waals surface area contributed by atoms with Gasteiger partial charge in [0.15, 0.2) is 0 Å². The normalized spacial score (nSPS) is 12.2. The van der Waals surface area contributed by atoms with E-state index in [1.165, 1.54) is 11.5 Å². The third-order valence-electron chi connectivity index (χ3n) is 3.25. The number of rotatable bonds is 5. The zero-order valence-electron chi connectivity index (χ0n) is 11.6. The molecule has 1 unspecified atom stereocenters. The molecule has 0 radical (unpaired) electrons. The molecule has 3 heterocycles. The molecule has 3 rings (SSSR count). The first-order valence-electron chi connectivity index (χ1n) is 6.71. The average Bonchev–Trinajstić information content (AvgIpc) is 3.15. The Bertz CT molecular complexity index is 692. The molecule has 7 heteroatoms. The molecule has 3 aromatic rings. The summed E-state index contributed by atoms with van der Waals surface area (Å²) in [5.74, 6) is 1.44. The zero-order chi connectivity index (χ0) is 14.7. The summed E-state index contributed by atoms with van der Waals surface area (Å²) in [6, 6.07) is 3.96. The van der Waals surface area contributed by atoms with Gasteiger partial charge in [-0.2, -0.15) is 4.37 Å². The third-order valence-corrected chi connectivity index (χ3v) is 4.04. The Labute approximate surface area is 126 Å². The molecular weight excluding hydrogens is 284 g/mol. The molecular formula is C14H16N6S. The molecule has 0 saturated carbocycles. The van der Waals surface area contributed by atoms with Gasteiger partial charge in [-0.1, -0.05) is 6.92 Å². The molecule has 1 atom stereocenters. The lowest BCUT2D eigenvalue weighted by molar-refractivity contribution is 0.706. The average molecular weight is 300 g/mol. The Morgan fingerprint density at radius 1 is 1.33 bits per heavy atom. The van der Waals surface area contributed by atoms with Crippen LogP contribution in [0.4, 0.5) is 10.8 Å². The van der Waals surface area contributed by atoms with Gasteiger partial charge in [-0.25, -0.2) is 4.98 Å². The van der Waals surface area contributed by atoms with Gasteiger partial charge in [-0.15, -0.1) is 0 Å². The molecule has 0 fully saturated rings. The molecule has 0 aliphatic heterocycles. The number of imidazole rings is 1. The first-order chi connectivity index (χ1) is 10.3. The minimum absolute atomic E-state index is 0.0976. The topological polar surface area (TPSA) is 92.5 Å². The van der Waals surface area contributed by atoms with Gasteiger partial charge in [-0.3, -0.25) is 4.98 Å². The van der Waals surface area contributed by atoms with Crippen LogP contribution in [-0.4, -0.2) is 19.3 Å². The monoisotopic (exact) mass is 300 g/mol. The number of pyridine rings is 1. The SMILES string of the molecule is CCC(Nc1snc(N)c1-c1ccncc1)c1ncc[nH]1. The lowest BCUT2D eigenvalue weighted by Gasteiger charge is -2.15. The fraction of sp³-hybridized carbons (Fsp3) is 0.214. The van der Waals surface area contributed by atoms with Gasteiger partial charge in [0.25, 0.3) is 0 Å². The number of aromatic nitrogens is 4. The second kappa shape index (κ2) is 5.92. The van der Waals surface area contributed by atoms with Gasteiger partial charge in [-0.05, 0) is 35.6 Å². The molecule has 0 bridgehead atoms. The van der Waals surface area contributed by atoms with Crippen LogP contribution in [0.1, 0.15) is 25.2 Å². The van der Waals surface area contributed by atoms with Crippen molar-refractivity contribution >= 4 is 22.4 Å². The highest BCUT2D eigenvalue weighted by Gasteiger charge is 2.18. The maximum Gasteiger partial charge on any atom is 0.147 e. The second-order valence-corrected chi connectivity index (χ2v) is 5.36. The van der Waals surface area contributed by atoms with Gasteiger partial charge >= 0.3 is 0 Å². The largest absolute Gasteiger partial charge is 0.382 e. The van der Waals surface area contributed by atoms with Crippen molar-refractivity contribution in [2.24, 2.45) is 0 Å². The van der Waals surface area contributed by atoms with Crippen LogP contribution in [-0.2, 0) is 0 Å². The number of anilines is 2. The Kier molecular flexibility index (Phi) is 3.83. The summed E-state index contributed by atoms with van der Waals surface area (Å²) in [5.41, 5.74) is 7.96. The summed E-state index contributed by atoms with van der Waals surface area (Å²) >= 11 is 1.36. The second-order valence-electron chi connectivity index (χ2n) is 4.59. The van der Waals surface area contributed by atoms with Crippen molar-refractivity contribution in [3.8, 4) is 11.1 Å². The maximum atomic E-state index is 6.02. The van der Waals surface area contributed by atoms with Crippen molar-refractivity contribution < 1.29 is 0 Å². The highest BCUT2D eigenvalue weighted by atomic mass is 32.1. The quantitative estimate of drug-likeness (QED) is 0.673. The third kappa shape index (κ3) is 2.73. The predicted octanol–water partition coefficient (Wildman–Crippen LogP) is 3.07. The first kappa shape index (κ1) is 13.6. The number of nitrogens with two attached hydrogens (primary N) is 1. The maximum absolute atomic E-state index is 6.02. The number of nitrogen functional groups attached to an aromatic ring is 1. The predicted molar refractivity (Wildman–Crippen MR) is 85.0 cm³/mol. The minimum atomic E-state index is 0.0976. The standard InChI is InChI=1S/C14H16N6S/c1-2-10(13-17-7-8-18-13)19-14-11(12(15)20-21-14)9-3-5-16-6-4-9/h3-8,10,19H,2H2,1H3,(H2,15,20)(H,17,18). The number of H-pyrrole nitrogens is 1. The summed E-state index contributed by atoms with van der Waals surface area (Å²) in [5, 5.41) is 4.43. The van der Waals surface area contributed by atoms with E-state index in [2.05, 4.69) is 31.6 Å². The Morgan fingerprint density at radius 2 is 2.14 bits per heavy atom. The minimum Gasteiger partial charge on any atom is -0.382 e. The van der Waals surface area contributed by atoms with E-state index in [-0.39, 0.29) is 6.04 Å². The summed E-state index contributed by atoms with van der Waals surface area (Å²) in [6.07, 6.45) is 7.98. The summed E-state index contributed by atoms with van der Waals surface area (Å²) in [6.45, 7) is 2.11. The number of hydrogen-bond donors (Lipinski definition) is 3. The number of hydrogen-bond acceptors (Lipinski definition) is 6. The van der Waals surface area contributed by atoms with E-state index in [0.717, 1.165) is 28.4 Å². The van der Waals surface area contributed by atoms with Crippen molar-refractivity contribution in [1.29, 1.82) is 0 Å². The zero-order valence-corrected chi connectivity index (χ0v) is 12.4. The van der Waals surface area contributed by atoms with E-state index in [1.54, 1.807) is 18.6 Å². The van der Waals surface area contributed by atoms with Crippen LogP contribution in [0.15, 0.2) is 36.9 Å². The fourth-order valence-corrected chi connectivity index (χ4v) is 2.98. The molecule has 0 spiro atoms. The van der Waals surface area contributed by atoms with Crippen LogP contribution >= 0.6 is 11.5 Å². The van der Waals surface area contributed by atoms with Crippen molar-refractivity contribution in [2.45, 2.75) is 19.4 Å². The number of nitrogens with zero attached hydrogens (tertiary/aromatic N) is 3. The lowest BCUT2D eigenvalue weighted by Crippen LogP contribution is -2.11. The molecule has 21 heavy (non-hydrogen) atoms. The Hall–Kier alpha value is -2.41. The summed E-state index contributed by atoms with van der Waals surface area (Å²) in [7, 11) is 0. The fourth-order valence-electron chi connectivity index (χ4n) is 2.19. The lowest BCUT2D eigenvalue weighted by atomic mass is 10.1. The van der Waals surface area contributed by atoms with Gasteiger partial charge < -0.3 is 16.0 Å². The van der Waals surface area contributed by atoms with Gasteiger partial charge in [0.2, 0.25) is 0 Å². The van der Waals surface area contributed by atoms with E-state index in [1.807, 2.05) is 18.3 Å². The number of aromatic amines is 1. The highest BCUT2D eigenvalue weighted by Crippen LogP contribution is 2.38. The van der Waals surface area contributed by atoms with Crippen LogP contribution in [0.25, 0.3) is 11.1 Å². The van der Waals surface area contributed by atoms with Crippen LogP contribution in [0.2, 0.25) is 0 Å². The van der Waals surface area contributed by atoms with Crippen molar-refractivity contribution in [3.05, 3.63) is 42.7 Å². The van der Waals surface area contributed by atoms with E-state index in [0.29, 0.717) is 5.82 Å². The molecule has 4 N–H and O–H groups in total. The molecule has 0 saturated heterocycles. The van der Waals surface area contributed by atoms with Crippen molar-refractivity contribution in [2.75, 3.05) is 11.1 Å². The van der Waals surface area contributed by atoms with Gasteiger partial charge in [0, 0.05) is 24.8 Å². The molecule has 0 amide bonds. The molecule has 0 aliphatic rings. The molecule has 0 aliphatic carbocycles.